The number of hydroxylamine groups is 2. The summed E-state index contributed by atoms with van der Waals surface area (Å²) in [5, 5.41) is 3.95. The number of anilines is 2. The summed E-state index contributed by atoms with van der Waals surface area (Å²) in [6.45, 7) is 1.87. The molecule has 10 heteroatoms. The van der Waals surface area contributed by atoms with Crippen LogP contribution in [0.1, 0.15) is 24.1 Å². The van der Waals surface area contributed by atoms with Crippen LogP contribution in [0.4, 0.5) is 24.0 Å². The van der Waals surface area contributed by atoms with Crippen molar-refractivity contribution < 1.29 is 22.9 Å². The molecule has 2 atom stereocenters. The molecule has 1 aliphatic rings. The molecule has 3 rings (SSSR count). The number of nitrogens with zero attached hydrogens (tertiary/aromatic N) is 1. The zero-order valence-corrected chi connectivity index (χ0v) is 13.2. The maximum Gasteiger partial charge on any atom is 0.434 e. The monoisotopic (exact) mass is 358 g/mol. The Labute approximate surface area is 138 Å². The van der Waals surface area contributed by atoms with Gasteiger partial charge in [0.15, 0.2) is 10.8 Å². The van der Waals surface area contributed by atoms with Crippen molar-refractivity contribution in [3.63, 3.8) is 0 Å². The Bertz CT molecular complexity index is 732. The molecule has 24 heavy (non-hydrogen) atoms. The van der Waals surface area contributed by atoms with E-state index in [0.717, 1.165) is 22.3 Å². The Hall–Kier alpha value is -2.17. The second-order valence-electron chi connectivity index (χ2n) is 5.24. The number of thiazole rings is 1. The highest BCUT2D eigenvalue weighted by atomic mass is 32.1. The molecule has 1 amide bonds. The van der Waals surface area contributed by atoms with Gasteiger partial charge in [-0.3, -0.25) is 4.79 Å². The molecule has 6 nitrogen and oxygen atoms in total. The summed E-state index contributed by atoms with van der Waals surface area (Å²) in [4.78, 5) is 19.8. The Morgan fingerprint density at radius 1 is 1.33 bits per heavy atom. The molecule has 1 aromatic heterocycles. The van der Waals surface area contributed by atoms with Crippen molar-refractivity contribution in [3.05, 3.63) is 40.9 Å². The van der Waals surface area contributed by atoms with Crippen molar-refractivity contribution in [1.29, 1.82) is 0 Å². The van der Waals surface area contributed by atoms with Gasteiger partial charge in [0.05, 0.1) is 0 Å². The van der Waals surface area contributed by atoms with Gasteiger partial charge in [-0.25, -0.2) is 10.5 Å². The van der Waals surface area contributed by atoms with Crippen LogP contribution < -0.4 is 16.3 Å². The van der Waals surface area contributed by atoms with Gasteiger partial charge in [0.25, 0.3) is 5.91 Å². The van der Waals surface area contributed by atoms with Gasteiger partial charge in [-0.1, -0.05) is 19.1 Å². The Morgan fingerprint density at radius 2 is 2.04 bits per heavy atom. The molecule has 0 bridgehead atoms. The van der Waals surface area contributed by atoms with E-state index in [1.807, 2.05) is 6.92 Å². The Balaban J connectivity index is 1.68. The SMILES string of the molecule is C[C@H](c1ccc(Nc2nc(C(F)(F)F)cs2)cc1)C1NONC1=O. The largest absolute Gasteiger partial charge is 0.434 e. The van der Waals surface area contributed by atoms with Crippen LogP contribution in [0.2, 0.25) is 0 Å². The molecular weight excluding hydrogens is 345 g/mol. The standard InChI is InChI=1S/C14H13F3N4O2S/c1-7(11-12(22)21-23-20-11)8-2-4-9(5-3-8)18-13-19-10(6-24-13)14(15,16)17/h2-7,11,20H,1H3,(H,18,19)(H,21,22)/t7-,11?/m1/s1. The van der Waals surface area contributed by atoms with E-state index in [9.17, 15) is 18.0 Å². The topological polar surface area (TPSA) is 75.3 Å². The average molecular weight is 358 g/mol. The molecule has 1 aliphatic heterocycles. The fraction of sp³-hybridized carbons (Fsp3) is 0.286. The van der Waals surface area contributed by atoms with Crippen molar-refractivity contribution in [2.24, 2.45) is 0 Å². The number of benzene rings is 1. The number of alkyl halides is 3. The molecule has 0 saturated carbocycles. The fourth-order valence-corrected chi connectivity index (χ4v) is 2.97. The van der Waals surface area contributed by atoms with Crippen LogP contribution in [-0.4, -0.2) is 16.9 Å². The normalized spacial score (nSPS) is 19.2. The van der Waals surface area contributed by atoms with E-state index < -0.39 is 17.9 Å². The van der Waals surface area contributed by atoms with Crippen LogP contribution in [0, 0.1) is 0 Å². The van der Waals surface area contributed by atoms with E-state index in [0.29, 0.717) is 5.69 Å². The van der Waals surface area contributed by atoms with Gasteiger partial charge in [0.2, 0.25) is 0 Å². The van der Waals surface area contributed by atoms with Crippen LogP contribution in [0.3, 0.4) is 0 Å². The molecular formula is C14H13F3N4O2S. The Morgan fingerprint density at radius 3 is 2.58 bits per heavy atom. The summed E-state index contributed by atoms with van der Waals surface area (Å²) in [5.74, 6) is -0.398. The predicted molar refractivity (Wildman–Crippen MR) is 81.4 cm³/mol. The minimum Gasteiger partial charge on any atom is -0.332 e. The number of aromatic nitrogens is 1. The smallest absolute Gasteiger partial charge is 0.332 e. The summed E-state index contributed by atoms with van der Waals surface area (Å²) in [5.41, 5.74) is 5.37. The van der Waals surface area contributed by atoms with Gasteiger partial charge in [-0.15, -0.1) is 11.3 Å². The van der Waals surface area contributed by atoms with Gasteiger partial charge >= 0.3 is 6.18 Å². The highest BCUT2D eigenvalue weighted by Gasteiger charge is 2.34. The molecule has 128 valence electrons. The van der Waals surface area contributed by atoms with E-state index in [-0.39, 0.29) is 17.0 Å². The summed E-state index contributed by atoms with van der Waals surface area (Å²) in [7, 11) is 0. The number of hydrogen-bond donors (Lipinski definition) is 3. The molecule has 0 radical (unpaired) electrons. The van der Waals surface area contributed by atoms with E-state index in [1.165, 1.54) is 0 Å². The zero-order chi connectivity index (χ0) is 17.3. The second-order valence-corrected chi connectivity index (χ2v) is 6.09. The number of halogens is 3. The summed E-state index contributed by atoms with van der Waals surface area (Å²) in [6.07, 6.45) is -4.45. The fourth-order valence-electron chi connectivity index (χ4n) is 2.24. The van der Waals surface area contributed by atoms with Gasteiger partial charge in [0, 0.05) is 17.0 Å². The van der Waals surface area contributed by atoms with Crippen LogP contribution in [0.15, 0.2) is 29.6 Å². The molecule has 2 aromatic rings. The highest BCUT2D eigenvalue weighted by molar-refractivity contribution is 7.13. The number of nitrogens with one attached hydrogen (secondary N) is 3. The summed E-state index contributed by atoms with van der Waals surface area (Å²) < 4.78 is 37.6. The van der Waals surface area contributed by atoms with Crippen LogP contribution in [0.25, 0.3) is 0 Å². The molecule has 0 spiro atoms. The van der Waals surface area contributed by atoms with E-state index in [1.54, 1.807) is 24.3 Å². The highest BCUT2D eigenvalue weighted by Crippen LogP contribution is 2.33. The lowest BCUT2D eigenvalue weighted by Gasteiger charge is -2.16. The van der Waals surface area contributed by atoms with Crippen molar-refractivity contribution >= 4 is 28.1 Å². The van der Waals surface area contributed by atoms with Crippen LogP contribution in [0.5, 0.6) is 0 Å². The second kappa shape index (κ2) is 6.38. The van der Waals surface area contributed by atoms with Crippen molar-refractivity contribution in [3.8, 4) is 0 Å². The maximum atomic E-state index is 12.5. The molecule has 1 fully saturated rings. The third-order valence-corrected chi connectivity index (χ3v) is 4.36. The maximum absolute atomic E-state index is 12.5. The molecule has 1 saturated heterocycles. The average Bonchev–Trinajstić information content (AvgIpc) is 3.16. The van der Waals surface area contributed by atoms with Gasteiger partial charge < -0.3 is 5.32 Å². The lowest BCUT2D eigenvalue weighted by atomic mass is 9.93. The first-order chi connectivity index (χ1) is 11.3. The van der Waals surface area contributed by atoms with Gasteiger partial charge in [-0.2, -0.15) is 23.6 Å². The lowest BCUT2D eigenvalue weighted by molar-refractivity contribution is -0.140. The van der Waals surface area contributed by atoms with Gasteiger partial charge in [0.1, 0.15) is 6.04 Å². The number of amides is 1. The van der Waals surface area contributed by atoms with Crippen molar-refractivity contribution in [1.82, 2.24) is 15.9 Å². The van der Waals surface area contributed by atoms with Crippen LogP contribution in [-0.2, 0) is 15.9 Å². The number of rotatable bonds is 4. The number of hydrogen-bond acceptors (Lipinski definition) is 6. The van der Waals surface area contributed by atoms with Crippen LogP contribution >= 0.6 is 11.3 Å². The third-order valence-electron chi connectivity index (χ3n) is 3.60. The quantitative estimate of drug-likeness (QED) is 0.784. The molecule has 1 aromatic carbocycles. The van der Waals surface area contributed by atoms with E-state index in [4.69, 9.17) is 0 Å². The predicted octanol–water partition coefficient (Wildman–Crippen LogP) is 2.94. The first kappa shape index (κ1) is 16.7. The zero-order valence-electron chi connectivity index (χ0n) is 12.3. The summed E-state index contributed by atoms with van der Waals surface area (Å²) >= 11 is 0.881. The molecule has 2 heterocycles. The first-order valence-corrected chi connectivity index (χ1v) is 7.83. The number of carbonyl (C=O) groups is 1. The molecule has 1 unspecified atom stereocenters. The minimum atomic E-state index is -4.45. The summed E-state index contributed by atoms with van der Waals surface area (Å²) in [6, 6.07) is 6.51. The Kier molecular flexibility index (Phi) is 4.43. The first-order valence-electron chi connectivity index (χ1n) is 6.95. The van der Waals surface area contributed by atoms with Crippen molar-refractivity contribution in [2.75, 3.05) is 5.32 Å². The molecule has 3 N–H and O–H groups in total. The van der Waals surface area contributed by atoms with E-state index >= 15 is 0 Å². The van der Waals surface area contributed by atoms with E-state index in [2.05, 4.69) is 26.2 Å². The minimum absolute atomic E-state index is 0.141. The number of carbonyl (C=O) groups excluding carboxylic acids is 1. The third kappa shape index (κ3) is 3.50. The molecule has 0 aliphatic carbocycles. The van der Waals surface area contributed by atoms with Gasteiger partial charge in [-0.05, 0) is 17.7 Å². The van der Waals surface area contributed by atoms with Crippen molar-refractivity contribution in [2.45, 2.75) is 25.1 Å². The lowest BCUT2D eigenvalue weighted by Crippen LogP contribution is -2.33.